The summed E-state index contributed by atoms with van der Waals surface area (Å²) in [4.78, 5) is 0. The molecule has 0 aromatic rings. The van der Waals surface area contributed by atoms with E-state index in [0.29, 0.717) is 13.2 Å². The van der Waals surface area contributed by atoms with Gasteiger partial charge in [-0.2, -0.15) is 0 Å². The molecular weight excluding hydrogens is 466 g/mol. The fourth-order valence-corrected chi connectivity index (χ4v) is 5.04. The van der Waals surface area contributed by atoms with Crippen LogP contribution >= 0.6 is 0 Å². The van der Waals surface area contributed by atoms with Crippen molar-refractivity contribution in [3.63, 3.8) is 0 Å². The Morgan fingerprint density at radius 3 is 1.26 bits per heavy atom. The molecule has 0 aromatic carbocycles. The third-order valence-corrected chi connectivity index (χ3v) is 7.72. The van der Waals surface area contributed by atoms with Gasteiger partial charge in [-0.05, 0) is 38.5 Å². The van der Waals surface area contributed by atoms with Gasteiger partial charge in [0.2, 0.25) is 0 Å². The third kappa shape index (κ3) is 31.8. The maximum absolute atomic E-state index is 5.96. The molecule has 3 heteroatoms. The van der Waals surface area contributed by atoms with Crippen molar-refractivity contribution >= 4 is 0 Å². The molecule has 0 aliphatic heterocycles. The SMILES string of the molecule is CCCCCCCC/C=C\CCCCCCCCOCC(CN)OCCCCCCCCCCCCCC. The Morgan fingerprint density at radius 2 is 0.842 bits per heavy atom. The summed E-state index contributed by atoms with van der Waals surface area (Å²) in [5.41, 5.74) is 5.89. The summed E-state index contributed by atoms with van der Waals surface area (Å²) in [5.74, 6) is 0. The van der Waals surface area contributed by atoms with Crippen LogP contribution in [0.2, 0.25) is 0 Å². The topological polar surface area (TPSA) is 44.5 Å². The van der Waals surface area contributed by atoms with Gasteiger partial charge in [0, 0.05) is 19.8 Å². The predicted molar refractivity (Wildman–Crippen MR) is 170 cm³/mol. The van der Waals surface area contributed by atoms with Crippen LogP contribution in [0.25, 0.3) is 0 Å². The molecule has 0 amide bonds. The van der Waals surface area contributed by atoms with Crippen molar-refractivity contribution in [2.75, 3.05) is 26.4 Å². The molecule has 0 rings (SSSR count). The molecule has 1 unspecified atom stereocenters. The van der Waals surface area contributed by atoms with E-state index in [-0.39, 0.29) is 6.10 Å². The number of ether oxygens (including phenoxy) is 2. The minimum Gasteiger partial charge on any atom is -0.379 e. The van der Waals surface area contributed by atoms with Gasteiger partial charge in [0.1, 0.15) is 0 Å². The quantitative estimate of drug-likeness (QED) is 0.0668. The summed E-state index contributed by atoms with van der Waals surface area (Å²) >= 11 is 0. The zero-order valence-corrected chi connectivity index (χ0v) is 26.3. The van der Waals surface area contributed by atoms with Crippen LogP contribution in [0.15, 0.2) is 12.2 Å². The molecule has 2 N–H and O–H groups in total. The van der Waals surface area contributed by atoms with Crippen molar-refractivity contribution in [1.82, 2.24) is 0 Å². The van der Waals surface area contributed by atoms with Gasteiger partial charge in [-0.25, -0.2) is 0 Å². The first-order valence-corrected chi connectivity index (χ1v) is 17.4. The van der Waals surface area contributed by atoms with E-state index in [2.05, 4.69) is 26.0 Å². The van der Waals surface area contributed by atoms with Gasteiger partial charge >= 0.3 is 0 Å². The number of unbranched alkanes of at least 4 members (excludes halogenated alkanes) is 23. The second-order valence-corrected chi connectivity index (χ2v) is 11.6. The molecule has 3 nitrogen and oxygen atoms in total. The van der Waals surface area contributed by atoms with Gasteiger partial charge in [0.15, 0.2) is 0 Å². The van der Waals surface area contributed by atoms with Crippen molar-refractivity contribution < 1.29 is 9.47 Å². The van der Waals surface area contributed by atoms with E-state index in [0.717, 1.165) is 26.1 Å². The smallest absolute Gasteiger partial charge is 0.0930 e. The first kappa shape index (κ1) is 37.6. The highest BCUT2D eigenvalue weighted by molar-refractivity contribution is 4.81. The van der Waals surface area contributed by atoms with Crippen molar-refractivity contribution in [2.45, 2.75) is 187 Å². The molecule has 228 valence electrons. The van der Waals surface area contributed by atoms with Crippen LogP contribution in [0.3, 0.4) is 0 Å². The Kier molecular flexibility index (Phi) is 34.3. The van der Waals surface area contributed by atoms with Crippen LogP contribution in [0.5, 0.6) is 0 Å². The van der Waals surface area contributed by atoms with Crippen molar-refractivity contribution in [2.24, 2.45) is 5.73 Å². The number of nitrogens with two attached hydrogens (primary N) is 1. The van der Waals surface area contributed by atoms with Crippen LogP contribution in [-0.2, 0) is 9.47 Å². The molecule has 0 aliphatic carbocycles. The summed E-state index contributed by atoms with van der Waals surface area (Å²) in [6.07, 6.45) is 40.2. The molecular formula is C35H71NO2. The summed E-state index contributed by atoms with van der Waals surface area (Å²) in [6, 6.07) is 0. The van der Waals surface area contributed by atoms with Gasteiger partial charge in [0.25, 0.3) is 0 Å². The lowest BCUT2D eigenvalue weighted by atomic mass is 10.1. The zero-order valence-electron chi connectivity index (χ0n) is 26.3. The lowest BCUT2D eigenvalue weighted by Crippen LogP contribution is -2.29. The van der Waals surface area contributed by atoms with E-state index in [9.17, 15) is 0 Å². The van der Waals surface area contributed by atoms with Gasteiger partial charge in [-0.1, -0.05) is 154 Å². The minimum absolute atomic E-state index is 0.0665. The van der Waals surface area contributed by atoms with E-state index < -0.39 is 0 Å². The third-order valence-electron chi connectivity index (χ3n) is 7.72. The van der Waals surface area contributed by atoms with E-state index >= 15 is 0 Å². The molecule has 0 aliphatic rings. The van der Waals surface area contributed by atoms with Crippen LogP contribution < -0.4 is 5.73 Å². The largest absolute Gasteiger partial charge is 0.379 e. The average molecular weight is 538 g/mol. The maximum Gasteiger partial charge on any atom is 0.0930 e. The number of hydrogen-bond donors (Lipinski definition) is 1. The van der Waals surface area contributed by atoms with E-state index in [1.807, 2.05) is 0 Å². The Morgan fingerprint density at radius 1 is 0.474 bits per heavy atom. The van der Waals surface area contributed by atoms with E-state index in [1.54, 1.807) is 0 Å². The monoisotopic (exact) mass is 538 g/mol. The molecule has 0 radical (unpaired) electrons. The van der Waals surface area contributed by atoms with E-state index in [1.165, 1.54) is 154 Å². The van der Waals surface area contributed by atoms with Gasteiger partial charge < -0.3 is 15.2 Å². The molecule has 0 heterocycles. The number of allylic oxidation sites excluding steroid dienone is 2. The summed E-state index contributed by atoms with van der Waals surface area (Å²) in [6.45, 7) is 7.46. The fraction of sp³-hybridized carbons (Fsp3) is 0.943. The van der Waals surface area contributed by atoms with Crippen molar-refractivity contribution in [3.8, 4) is 0 Å². The average Bonchev–Trinajstić information content (AvgIpc) is 2.93. The van der Waals surface area contributed by atoms with Gasteiger partial charge in [0.05, 0.1) is 12.7 Å². The molecule has 1 atom stereocenters. The lowest BCUT2D eigenvalue weighted by Gasteiger charge is -2.16. The number of rotatable bonds is 33. The van der Waals surface area contributed by atoms with Crippen molar-refractivity contribution in [1.29, 1.82) is 0 Å². The Bertz CT molecular complexity index is 440. The number of hydrogen-bond acceptors (Lipinski definition) is 3. The van der Waals surface area contributed by atoms with Crippen LogP contribution in [0, 0.1) is 0 Å². The maximum atomic E-state index is 5.96. The molecule has 0 spiro atoms. The van der Waals surface area contributed by atoms with Gasteiger partial charge in [-0.3, -0.25) is 0 Å². The molecule has 0 aromatic heterocycles. The van der Waals surface area contributed by atoms with Crippen LogP contribution in [0.4, 0.5) is 0 Å². The second-order valence-electron chi connectivity index (χ2n) is 11.6. The molecule has 38 heavy (non-hydrogen) atoms. The molecule has 0 saturated heterocycles. The second kappa shape index (κ2) is 34.6. The van der Waals surface area contributed by atoms with Crippen LogP contribution in [-0.4, -0.2) is 32.5 Å². The van der Waals surface area contributed by atoms with Crippen LogP contribution in [0.1, 0.15) is 181 Å². The standard InChI is InChI=1S/C35H71NO2/c1-3-5-7-9-11-13-15-17-18-19-20-21-23-25-27-29-31-37-34-35(33-36)38-32-30-28-26-24-22-16-14-12-10-8-6-4-2/h17-18,35H,3-16,19-34,36H2,1-2H3/b18-17-. The summed E-state index contributed by atoms with van der Waals surface area (Å²) < 4.78 is 11.8. The highest BCUT2D eigenvalue weighted by Gasteiger charge is 2.06. The highest BCUT2D eigenvalue weighted by Crippen LogP contribution is 2.13. The molecule has 0 saturated carbocycles. The fourth-order valence-electron chi connectivity index (χ4n) is 5.04. The predicted octanol–water partition coefficient (Wildman–Crippen LogP) is 11.1. The van der Waals surface area contributed by atoms with E-state index in [4.69, 9.17) is 15.2 Å². The minimum atomic E-state index is 0.0665. The highest BCUT2D eigenvalue weighted by atomic mass is 16.5. The first-order chi connectivity index (χ1) is 18.8. The normalized spacial score (nSPS) is 12.6. The molecule has 0 fully saturated rings. The Hall–Kier alpha value is -0.380. The van der Waals surface area contributed by atoms with Crippen molar-refractivity contribution in [3.05, 3.63) is 12.2 Å². The zero-order chi connectivity index (χ0) is 27.6. The summed E-state index contributed by atoms with van der Waals surface area (Å²) in [5, 5.41) is 0. The van der Waals surface area contributed by atoms with Gasteiger partial charge in [-0.15, -0.1) is 0 Å². The lowest BCUT2D eigenvalue weighted by molar-refractivity contribution is -0.0136. The first-order valence-electron chi connectivity index (χ1n) is 17.4. The Labute approximate surface area is 240 Å². The Balaban J connectivity index is 3.29. The summed E-state index contributed by atoms with van der Waals surface area (Å²) in [7, 11) is 0. The molecule has 0 bridgehead atoms.